The van der Waals surface area contributed by atoms with Crippen LogP contribution in [0.15, 0.2) is 53.3 Å². The van der Waals surface area contributed by atoms with E-state index >= 15 is 0 Å². The van der Waals surface area contributed by atoms with Crippen LogP contribution in [0.25, 0.3) is 11.3 Å². The number of halogens is 2. The van der Waals surface area contributed by atoms with Gasteiger partial charge < -0.3 is 9.32 Å². The van der Waals surface area contributed by atoms with E-state index in [-0.39, 0.29) is 5.91 Å². The van der Waals surface area contributed by atoms with Crippen molar-refractivity contribution in [2.24, 2.45) is 0 Å². The van der Waals surface area contributed by atoms with Gasteiger partial charge in [-0.25, -0.2) is 4.98 Å². The largest absolute Gasteiger partial charge is 0.441 e. The lowest BCUT2D eigenvalue weighted by Crippen LogP contribution is -2.32. The van der Waals surface area contributed by atoms with Gasteiger partial charge in [-0.2, -0.15) is 0 Å². The van der Waals surface area contributed by atoms with Gasteiger partial charge in [-0.1, -0.05) is 29.3 Å². The molecule has 1 aliphatic rings. The molecular formula is C21H19Cl2N3O2. The molecule has 28 heavy (non-hydrogen) atoms. The first-order valence-electron chi connectivity index (χ1n) is 9.18. The lowest BCUT2D eigenvalue weighted by atomic mass is 10.2. The number of aryl methyl sites for hydroxylation is 1. The molecule has 5 nitrogen and oxygen atoms in total. The summed E-state index contributed by atoms with van der Waals surface area (Å²) in [6.45, 7) is 0.592. The van der Waals surface area contributed by atoms with Crippen molar-refractivity contribution >= 4 is 29.1 Å². The maximum Gasteiger partial charge on any atom is 0.223 e. The monoisotopic (exact) mass is 415 g/mol. The van der Waals surface area contributed by atoms with Crippen molar-refractivity contribution in [2.45, 2.75) is 38.3 Å². The van der Waals surface area contributed by atoms with E-state index in [0.29, 0.717) is 47.1 Å². The maximum absolute atomic E-state index is 12.8. The SMILES string of the molecule is O=C(CCc1ncc(-c2ccc(Cl)cc2Cl)o1)N(Cc1cccnc1)C1CC1. The van der Waals surface area contributed by atoms with Crippen molar-refractivity contribution in [3.8, 4) is 11.3 Å². The van der Waals surface area contributed by atoms with Gasteiger partial charge >= 0.3 is 0 Å². The fourth-order valence-corrected chi connectivity index (χ4v) is 3.59. The normalized spacial score (nSPS) is 13.5. The number of carbonyl (C=O) groups excluding carboxylic acids is 1. The van der Waals surface area contributed by atoms with Gasteiger partial charge in [-0.3, -0.25) is 9.78 Å². The molecule has 0 radical (unpaired) electrons. The first-order chi connectivity index (χ1) is 13.6. The van der Waals surface area contributed by atoms with E-state index in [4.69, 9.17) is 27.6 Å². The molecule has 2 heterocycles. The van der Waals surface area contributed by atoms with Gasteiger partial charge in [0.15, 0.2) is 11.7 Å². The van der Waals surface area contributed by atoms with E-state index in [9.17, 15) is 4.79 Å². The van der Waals surface area contributed by atoms with Gasteiger partial charge in [0.05, 0.1) is 11.2 Å². The van der Waals surface area contributed by atoms with Gasteiger partial charge in [-0.05, 0) is 42.7 Å². The molecule has 0 unspecified atom stereocenters. The van der Waals surface area contributed by atoms with Crippen molar-refractivity contribution < 1.29 is 9.21 Å². The molecule has 144 valence electrons. The number of amides is 1. The first kappa shape index (κ1) is 19.0. The van der Waals surface area contributed by atoms with Gasteiger partial charge in [0, 0.05) is 48.4 Å². The Morgan fingerprint density at radius 3 is 2.79 bits per heavy atom. The molecule has 1 fully saturated rings. The Kier molecular flexibility index (Phi) is 5.64. The van der Waals surface area contributed by atoms with Gasteiger partial charge in [-0.15, -0.1) is 0 Å². The first-order valence-corrected chi connectivity index (χ1v) is 9.94. The molecule has 3 aromatic rings. The highest BCUT2D eigenvalue weighted by molar-refractivity contribution is 6.36. The van der Waals surface area contributed by atoms with Crippen LogP contribution >= 0.6 is 23.2 Å². The van der Waals surface area contributed by atoms with E-state index in [0.717, 1.165) is 24.0 Å². The summed E-state index contributed by atoms with van der Waals surface area (Å²) in [5.74, 6) is 1.20. The summed E-state index contributed by atoms with van der Waals surface area (Å²) in [4.78, 5) is 23.1. The highest BCUT2D eigenvalue weighted by Gasteiger charge is 2.32. The number of benzene rings is 1. The molecule has 4 rings (SSSR count). The van der Waals surface area contributed by atoms with E-state index in [2.05, 4.69) is 9.97 Å². The Balaban J connectivity index is 1.39. The number of hydrogen-bond donors (Lipinski definition) is 0. The number of oxazole rings is 1. The lowest BCUT2D eigenvalue weighted by molar-refractivity contribution is -0.132. The topological polar surface area (TPSA) is 59.2 Å². The van der Waals surface area contributed by atoms with Gasteiger partial charge in [0.2, 0.25) is 5.91 Å². The Morgan fingerprint density at radius 2 is 2.07 bits per heavy atom. The summed E-state index contributed by atoms with van der Waals surface area (Å²) < 4.78 is 5.80. The third-order valence-electron chi connectivity index (χ3n) is 4.69. The average Bonchev–Trinajstić information content (AvgIpc) is 3.43. The number of hydrogen-bond acceptors (Lipinski definition) is 4. The zero-order valence-corrected chi connectivity index (χ0v) is 16.7. The molecule has 1 aromatic carbocycles. The van der Waals surface area contributed by atoms with Gasteiger partial charge in [0.1, 0.15) is 0 Å². The number of aromatic nitrogens is 2. The molecule has 7 heteroatoms. The molecule has 1 aliphatic carbocycles. The molecule has 0 N–H and O–H groups in total. The molecule has 2 aromatic heterocycles. The van der Waals surface area contributed by atoms with Crippen LogP contribution in [-0.4, -0.2) is 26.8 Å². The van der Waals surface area contributed by atoms with Crippen LogP contribution in [0.1, 0.15) is 30.7 Å². The fraction of sp³-hybridized carbons (Fsp3) is 0.286. The van der Waals surface area contributed by atoms with Crippen LogP contribution < -0.4 is 0 Å². The van der Waals surface area contributed by atoms with Crippen LogP contribution in [-0.2, 0) is 17.8 Å². The van der Waals surface area contributed by atoms with E-state index in [1.807, 2.05) is 17.0 Å². The predicted octanol–water partition coefficient (Wildman–Crippen LogP) is 5.17. The standard InChI is InChI=1S/C21H19Cl2N3O2/c22-15-3-6-17(18(23)10-15)19-12-25-20(28-19)7-8-21(27)26(16-4-5-16)13-14-2-1-9-24-11-14/h1-3,6,9-12,16H,4-5,7-8,13H2. The van der Waals surface area contributed by atoms with Crippen LogP contribution in [0.3, 0.4) is 0 Å². The van der Waals surface area contributed by atoms with Crippen LogP contribution in [0, 0.1) is 0 Å². The van der Waals surface area contributed by atoms with Crippen molar-refractivity contribution in [3.05, 3.63) is 70.4 Å². The molecule has 0 atom stereocenters. The van der Waals surface area contributed by atoms with E-state index < -0.39 is 0 Å². The summed E-state index contributed by atoms with van der Waals surface area (Å²) in [7, 11) is 0. The van der Waals surface area contributed by atoms with Crippen molar-refractivity contribution in [3.63, 3.8) is 0 Å². The maximum atomic E-state index is 12.8. The van der Waals surface area contributed by atoms with Crippen LogP contribution in [0.2, 0.25) is 10.0 Å². The highest BCUT2D eigenvalue weighted by atomic mass is 35.5. The molecule has 1 amide bonds. The third kappa shape index (κ3) is 4.54. The minimum Gasteiger partial charge on any atom is -0.441 e. The summed E-state index contributed by atoms with van der Waals surface area (Å²) in [6, 6.07) is 9.42. The fourth-order valence-electron chi connectivity index (χ4n) is 3.09. The Labute approximate surface area is 173 Å². The summed E-state index contributed by atoms with van der Waals surface area (Å²) >= 11 is 12.2. The second kappa shape index (κ2) is 8.33. The van der Waals surface area contributed by atoms with Crippen molar-refractivity contribution in [1.29, 1.82) is 0 Å². The minimum absolute atomic E-state index is 0.107. The number of rotatable bonds is 7. The lowest BCUT2D eigenvalue weighted by Gasteiger charge is -2.22. The average molecular weight is 416 g/mol. The number of carbonyl (C=O) groups is 1. The molecular weight excluding hydrogens is 397 g/mol. The molecule has 0 bridgehead atoms. The molecule has 0 spiro atoms. The molecule has 0 saturated heterocycles. The Morgan fingerprint density at radius 1 is 1.21 bits per heavy atom. The van der Waals surface area contributed by atoms with E-state index in [1.165, 1.54) is 0 Å². The number of pyridine rings is 1. The number of nitrogens with zero attached hydrogens (tertiary/aromatic N) is 3. The Bertz CT molecular complexity index is 971. The summed E-state index contributed by atoms with van der Waals surface area (Å²) in [5, 5.41) is 1.07. The predicted molar refractivity (Wildman–Crippen MR) is 108 cm³/mol. The van der Waals surface area contributed by atoms with Crippen molar-refractivity contribution in [1.82, 2.24) is 14.9 Å². The van der Waals surface area contributed by atoms with Crippen molar-refractivity contribution in [2.75, 3.05) is 0 Å². The zero-order valence-electron chi connectivity index (χ0n) is 15.1. The minimum atomic E-state index is 0.107. The third-order valence-corrected chi connectivity index (χ3v) is 5.23. The highest BCUT2D eigenvalue weighted by Crippen LogP contribution is 2.31. The van der Waals surface area contributed by atoms with Crippen LogP contribution in [0.4, 0.5) is 0 Å². The van der Waals surface area contributed by atoms with Gasteiger partial charge in [0.25, 0.3) is 0 Å². The molecule has 0 aliphatic heterocycles. The smallest absolute Gasteiger partial charge is 0.223 e. The van der Waals surface area contributed by atoms with E-state index in [1.54, 1.807) is 36.8 Å². The van der Waals surface area contributed by atoms with Crippen LogP contribution in [0.5, 0.6) is 0 Å². The summed E-state index contributed by atoms with van der Waals surface area (Å²) in [5.41, 5.74) is 1.77. The zero-order chi connectivity index (χ0) is 19.5. The summed E-state index contributed by atoms with van der Waals surface area (Å²) in [6.07, 6.45) is 8.09. The quantitative estimate of drug-likeness (QED) is 0.534. The second-order valence-electron chi connectivity index (χ2n) is 6.86. The Hall–Kier alpha value is -2.37. The second-order valence-corrected chi connectivity index (χ2v) is 7.70. The molecule has 1 saturated carbocycles.